The lowest BCUT2D eigenvalue weighted by Gasteiger charge is -2.29. The van der Waals surface area contributed by atoms with Gasteiger partial charge >= 0.3 is 6.09 Å². The number of rotatable bonds is 8. The molecular weight excluding hydrogens is 402 g/mol. The lowest BCUT2D eigenvalue weighted by Crippen LogP contribution is -2.43. The van der Waals surface area contributed by atoms with E-state index in [0.29, 0.717) is 12.8 Å². The van der Waals surface area contributed by atoms with E-state index in [1.165, 1.54) is 12.1 Å². The van der Waals surface area contributed by atoms with Gasteiger partial charge in [0.1, 0.15) is 6.61 Å². The molecule has 2 aromatic carbocycles. The molecule has 0 aromatic heterocycles. The molecule has 6 nitrogen and oxygen atoms in total. The van der Waals surface area contributed by atoms with Crippen LogP contribution in [0.2, 0.25) is 0 Å². The molecule has 1 saturated heterocycles. The number of benzene rings is 2. The number of nitrogens with zero attached hydrogens (tertiary/aromatic N) is 1. The van der Waals surface area contributed by atoms with E-state index in [9.17, 15) is 13.2 Å². The summed E-state index contributed by atoms with van der Waals surface area (Å²) in [5, 5.41) is 0. The van der Waals surface area contributed by atoms with Crippen molar-refractivity contribution >= 4 is 16.2 Å². The van der Waals surface area contributed by atoms with Crippen LogP contribution in [0.25, 0.3) is 0 Å². The number of hydrogen-bond acceptors (Lipinski definition) is 5. The van der Waals surface area contributed by atoms with Gasteiger partial charge in [-0.15, -0.1) is 6.58 Å². The Kier molecular flexibility index (Phi) is 7.29. The maximum atomic E-state index is 12.8. The molecular formula is C23H27NO5S. The Morgan fingerprint density at radius 3 is 2.43 bits per heavy atom. The van der Waals surface area contributed by atoms with Crippen LogP contribution in [0.4, 0.5) is 4.79 Å². The third kappa shape index (κ3) is 5.49. The second kappa shape index (κ2) is 9.91. The molecule has 0 bridgehead atoms. The third-order valence-corrected chi connectivity index (χ3v) is 6.50. The fourth-order valence-electron chi connectivity index (χ4n) is 3.58. The molecule has 1 aliphatic rings. The van der Waals surface area contributed by atoms with E-state index in [0.717, 1.165) is 17.5 Å². The van der Waals surface area contributed by atoms with Gasteiger partial charge in [0.15, 0.2) is 0 Å². The topological polar surface area (TPSA) is 72.9 Å². The predicted molar refractivity (Wildman–Crippen MR) is 114 cm³/mol. The standard InChI is InChI=1S/C23H27NO5S/c1-3-7-20-12-13-21(17-29-30(26,27)22-14-10-18(2)11-15-22)24(20)23(25)28-16-19-8-5-4-6-9-19/h3-6,8-11,14-15,20-21H,1,7,12-13,16-17H2,2H3/t20-,21+/m1/s1. The van der Waals surface area contributed by atoms with Gasteiger partial charge in [-0.25, -0.2) is 4.79 Å². The van der Waals surface area contributed by atoms with Crippen molar-refractivity contribution in [2.75, 3.05) is 6.61 Å². The van der Waals surface area contributed by atoms with Crippen molar-refractivity contribution in [3.8, 4) is 0 Å². The molecule has 0 N–H and O–H groups in total. The van der Waals surface area contributed by atoms with Crippen LogP contribution in [0.3, 0.4) is 0 Å². The molecule has 0 spiro atoms. The molecule has 0 saturated carbocycles. The first kappa shape index (κ1) is 22.1. The summed E-state index contributed by atoms with van der Waals surface area (Å²) in [5.74, 6) is 0. The van der Waals surface area contributed by atoms with Crippen molar-refractivity contribution in [2.24, 2.45) is 0 Å². The van der Waals surface area contributed by atoms with Crippen LogP contribution in [-0.2, 0) is 25.6 Å². The van der Waals surface area contributed by atoms with E-state index >= 15 is 0 Å². The van der Waals surface area contributed by atoms with Gasteiger partial charge in [0.05, 0.1) is 17.5 Å². The fourth-order valence-corrected chi connectivity index (χ4v) is 4.52. The molecule has 1 amide bonds. The molecule has 2 aromatic rings. The highest BCUT2D eigenvalue weighted by molar-refractivity contribution is 7.86. The Morgan fingerprint density at radius 2 is 1.77 bits per heavy atom. The second-order valence-corrected chi connectivity index (χ2v) is 9.02. The van der Waals surface area contributed by atoms with E-state index in [1.54, 1.807) is 23.1 Å². The molecule has 0 aliphatic carbocycles. The van der Waals surface area contributed by atoms with Gasteiger partial charge in [-0.1, -0.05) is 54.1 Å². The van der Waals surface area contributed by atoms with Gasteiger partial charge in [-0.3, -0.25) is 9.08 Å². The van der Waals surface area contributed by atoms with Crippen molar-refractivity contribution in [1.29, 1.82) is 0 Å². The summed E-state index contributed by atoms with van der Waals surface area (Å²) < 4.78 is 35.8. The van der Waals surface area contributed by atoms with Crippen LogP contribution in [0.5, 0.6) is 0 Å². The van der Waals surface area contributed by atoms with E-state index in [4.69, 9.17) is 8.92 Å². The number of aryl methyl sites for hydroxylation is 1. The summed E-state index contributed by atoms with van der Waals surface area (Å²) >= 11 is 0. The summed E-state index contributed by atoms with van der Waals surface area (Å²) in [6.45, 7) is 5.70. The van der Waals surface area contributed by atoms with Crippen LogP contribution in [0.1, 0.15) is 30.4 Å². The van der Waals surface area contributed by atoms with Gasteiger partial charge in [0, 0.05) is 6.04 Å². The zero-order valence-corrected chi connectivity index (χ0v) is 17.9. The maximum absolute atomic E-state index is 12.8. The number of carbonyl (C=O) groups excluding carboxylic acids is 1. The number of hydrogen-bond donors (Lipinski definition) is 0. The summed E-state index contributed by atoms with van der Waals surface area (Å²) in [7, 11) is -3.90. The molecule has 2 atom stereocenters. The summed E-state index contributed by atoms with van der Waals surface area (Å²) in [4.78, 5) is 14.5. The smallest absolute Gasteiger partial charge is 0.410 e. The van der Waals surface area contributed by atoms with Gasteiger partial charge in [0.25, 0.3) is 10.1 Å². The third-order valence-electron chi connectivity index (χ3n) is 5.20. The van der Waals surface area contributed by atoms with Crippen LogP contribution in [-0.4, -0.2) is 38.1 Å². The average molecular weight is 430 g/mol. The summed E-state index contributed by atoms with van der Waals surface area (Å²) in [6, 6.07) is 15.4. The number of likely N-dealkylation sites (tertiary alicyclic amines) is 1. The van der Waals surface area contributed by atoms with Crippen molar-refractivity contribution in [1.82, 2.24) is 4.90 Å². The number of amides is 1. The summed E-state index contributed by atoms with van der Waals surface area (Å²) in [6.07, 6.45) is 3.29. The molecule has 7 heteroatoms. The minimum absolute atomic E-state index is 0.0820. The summed E-state index contributed by atoms with van der Waals surface area (Å²) in [5.41, 5.74) is 1.85. The van der Waals surface area contributed by atoms with E-state index in [-0.39, 0.29) is 30.2 Å². The highest BCUT2D eigenvalue weighted by Crippen LogP contribution is 2.29. The van der Waals surface area contributed by atoms with Crippen LogP contribution in [0.15, 0.2) is 72.1 Å². The lowest BCUT2D eigenvalue weighted by atomic mass is 10.1. The molecule has 30 heavy (non-hydrogen) atoms. The zero-order chi connectivity index (χ0) is 21.6. The molecule has 160 valence electrons. The highest BCUT2D eigenvalue weighted by atomic mass is 32.2. The maximum Gasteiger partial charge on any atom is 0.410 e. The van der Waals surface area contributed by atoms with Crippen LogP contribution < -0.4 is 0 Å². The van der Waals surface area contributed by atoms with Gasteiger partial charge in [-0.2, -0.15) is 8.42 Å². The molecule has 0 radical (unpaired) electrons. The SMILES string of the molecule is C=CC[C@@H]1CC[C@@H](COS(=O)(=O)c2ccc(C)cc2)N1C(=O)OCc1ccccc1. The molecule has 1 fully saturated rings. The Balaban J connectivity index is 1.66. The monoisotopic (exact) mass is 429 g/mol. The van der Waals surface area contributed by atoms with Gasteiger partial charge in [0.2, 0.25) is 0 Å². The molecule has 3 rings (SSSR count). The first-order chi connectivity index (χ1) is 14.4. The first-order valence-electron chi connectivity index (χ1n) is 9.96. The second-order valence-electron chi connectivity index (χ2n) is 7.41. The van der Waals surface area contributed by atoms with Crippen LogP contribution in [0, 0.1) is 6.92 Å². The molecule has 1 aliphatic heterocycles. The number of carbonyl (C=O) groups is 1. The zero-order valence-electron chi connectivity index (χ0n) is 17.1. The van der Waals surface area contributed by atoms with Crippen molar-refractivity contribution in [3.05, 3.63) is 78.4 Å². The Hall–Kier alpha value is -2.64. The minimum atomic E-state index is -3.90. The number of ether oxygens (including phenoxy) is 1. The van der Waals surface area contributed by atoms with Crippen molar-refractivity contribution < 1.29 is 22.1 Å². The average Bonchev–Trinajstić information content (AvgIpc) is 3.15. The Morgan fingerprint density at radius 1 is 1.10 bits per heavy atom. The molecule has 1 heterocycles. The van der Waals surface area contributed by atoms with Gasteiger partial charge < -0.3 is 4.74 Å². The van der Waals surface area contributed by atoms with Crippen molar-refractivity contribution in [3.63, 3.8) is 0 Å². The Labute approximate surface area is 178 Å². The lowest BCUT2D eigenvalue weighted by molar-refractivity contribution is 0.0688. The van der Waals surface area contributed by atoms with Crippen LogP contribution >= 0.6 is 0 Å². The van der Waals surface area contributed by atoms with Crippen molar-refractivity contribution in [2.45, 2.75) is 49.8 Å². The first-order valence-corrected chi connectivity index (χ1v) is 11.4. The van der Waals surface area contributed by atoms with E-state index in [1.807, 2.05) is 37.3 Å². The minimum Gasteiger partial charge on any atom is -0.445 e. The fraction of sp³-hybridized carbons (Fsp3) is 0.348. The largest absolute Gasteiger partial charge is 0.445 e. The predicted octanol–water partition coefficient (Wildman–Crippen LogP) is 4.45. The quantitative estimate of drug-likeness (QED) is 0.458. The normalized spacial score (nSPS) is 18.9. The highest BCUT2D eigenvalue weighted by Gasteiger charge is 2.38. The van der Waals surface area contributed by atoms with E-state index in [2.05, 4.69) is 6.58 Å². The van der Waals surface area contributed by atoms with E-state index < -0.39 is 16.2 Å². The van der Waals surface area contributed by atoms with Gasteiger partial charge in [-0.05, 0) is 43.9 Å². The molecule has 0 unspecified atom stereocenters. The Bertz CT molecular complexity index is 957.